The minimum atomic E-state index is -0.431. The maximum absolute atomic E-state index is 12.1. The van der Waals surface area contributed by atoms with Crippen LogP contribution in [0.2, 0.25) is 0 Å². The first-order chi connectivity index (χ1) is 9.08. The van der Waals surface area contributed by atoms with E-state index >= 15 is 0 Å². The molecule has 1 aliphatic heterocycles. The Balaban J connectivity index is 1.94. The molecule has 19 heavy (non-hydrogen) atoms. The fraction of sp³-hybridized carbons (Fsp3) is 0.533. The van der Waals surface area contributed by atoms with E-state index in [1.54, 1.807) is 6.92 Å². The molecule has 104 valence electrons. The van der Waals surface area contributed by atoms with Gasteiger partial charge in [0.25, 0.3) is 5.91 Å². The van der Waals surface area contributed by atoms with Crippen LogP contribution in [0.5, 0.6) is 5.75 Å². The average Bonchev–Trinajstić information content (AvgIpc) is 2.92. The van der Waals surface area contributed by atoms with E-state index in [2.05, 4.69) is 0 Å². The number of nitrogens with zero attached hydrogens (tertiary/aromatic N) is 1. The van der Waals surface area contributed by atoms with Crippen LogP contribution in [0.15, 0.2) is 24.3 Å². The van der Waals surface area contributed by atoms with Gasteiger partial charge < -0.3 is 15.4 Å². The Hall–Kier alpha value is -1.55. The van der Waals surface area contributed by atoms with E-state index in [0.29, 0.717) is 5.75 Å². The van der Waals surface area contributed by atoms with Gasteiger partial charge in [0.2, 0.25) is 0 Å². The third-order valence-electron chi connectivity index (χ3n) is 3.48. The van der Waals surface area contributed by atoms with Crippen LogP contribution in [-0.2, 0) is 4.79 Å². The molecule has 2 rings (SSSR count). The number of rotatable bonds is 4. The molecule has 1 unspecified atom stereocenters. The molecule has 0 aliphatic carbocycles. The normalized spacial score (nSPS) is 18.2. The van der Waals surface area contributed by atoms with Crippen LogP contribution in [0, 0.1) is 0 Å². The number of ether oxygens (including phenoxy) is 1. The van der Waals surface area contributed by atoms with Crippen molar-refractivity contribution in [2.24, 2.45) is 5.73 Å². The van der Waals surface area contributed by atoms with Crippen LogP contribution in [0.25, 0.3) is 0 Å². The molecule has 1 saturated heterocycles. The highest BCUT2D eigenvalue weighted by Gasteiger charge is 2.24. The molecule has 0 radical (unpaired) electrons. The largest absolute Gasteiger partial charge is 0.481 e. The monoisotopic (exact) mass is 262 g/mol. The third kappa shape index (κ3) is 3.47. The van der Waals surface area contributed by atoms with Crippen molar-refractivity contribution in [3.05, 3.63) is 29.8 Å². The molecule has 1 heterocycles. The lowest BCUT2D eigenvalue weighted by Gasteiger charge is -2.21. The van der Waals surface area contributed by atoms with Gasteiger partial charge in [0.1, 0.15) is 5.75 Å². The zero-order chi connectivity index (χ0) is 13.8. The summed E-state index contributed by atoms with van der Waals surface area (Å²) in [6, 6.07) is 7.62. The maximum Gasteiger partial charge on any atom is 0.263 e. The van der Waals surface area contributed by atoms with Crippen molar-refractivity contribution in [2.45, 2.75) is 38.8 Å². The lowest BCUT2D eigenvalue weighted by Crippen LogP contribution is -2.38. The molecule has 1 aromatic rings. The van der Waals surface area contributed by atoms with Crippen molar-refractivity contribution < 1.29 is 9.53 Å². The highest BCUT2D eigenvalue weighted by Crippen LogP contribution is 2.18. The van der Waals surface area contributed by atoms with Gasteiger partial charge in [-0.3, -0.25) is 4.79 Å². The van der Waals surface area contributed by atoms with Crippen LogP contribution in [0.4, 0.5) is 0 Å². The summed E-state index contributed by atoms with van der Waals surface area (Å²) >= 11 is 0. The van der Waals surface area contributed by atoms with E-state index < -0.39 is 6.10 Å². The van der Waals surface area contributed by atoms with Crippen molar-refractivity contribution in [3.63, 3.8) is 0 Å². The summed E-state index contributed by atoms with van der Waals surface area (Å²) in [5.41, 5.74) is 6.86. The Labute approximate surface area is 114 Å². The van der Waals surface area contributed by atoms with E-state index in [-0.39, 0.29) is 11.9 Å². The Morgan fingerprint density at radius 3 is 2.32 bits per heavy atom. The second kappa shape index (κ2) is 6.06. The highest BCUT2D eigenvalue weighted by atomic mass is 16.5. The zero-order valence-corrected chi connectivity index (χ0v) is 11.6. The first-order valence-corrected chi connectivity index (χ1v) is 6.89. The van der Waals surface area contributed by atoms with Gasteiger partial charge >= 0.3 is 0 Å². The van der Waals surface area contributed by atoms with Gasteiger partial charge in [0.05, 0.1) is 0 Å². The quantitative estimate of drug-likeness (QED) is 0.904. The van der Waals surface area contributed by atoms with Crippen LogP contribution >= 0.6 is 0 Å². The van der Waals surface area contributed by atoms with Crippen molar-refractivity contribution in [3.8, 4) is 5.75 Å². The van der Waals surface area contributed by atoms with Gasteiger partial charge in [-0.2, -0.15) is 0 Å². The minimum Gasteiger partial charge on any atom is -0.481 e. The first kappa shape index (κ1) is 13.9. The summed E-state index contributed by atoms with van der Waals surface area (Å²) in [5.74, 6) is 0.790. The fourth-order valence-corrected chi connectivity index (χ4v) is 2.30. The molecule has 2 atom stereocenters. The number of carbonyl (C=O) groups excluding carboxylic acids is 1. The van der Waals surface area contributed by atoms with E-state index in [0.717, 1.165) is 31.5 Å². The molecule has 0 aromatic heterocycles. The van der Waals surface area contributed by atoms with E-state index in [1.165, 1.54) is 0 Å². The fourth-order valence-electron chi connectivity index (χ4n) is 2.30. The number of hydrogen-bond donors (Lipinski definition) is 1. The summed E-state index contributed by atoms with van der Waals surface area (Å²) < 4.78 is 5.69. The number of carbonyl (C=O) groups is 1. The minimum absolute atomic E-state index is 0.0118. The summed E-state index contributed by atoms with van der Waals surface area (Å²) in [6.07, 6.45) is 1.77. The standard InChI is InChI=1S/C15H22N2O2/c1-11(16)13-5-7-14(8-6-13)19-12(2)15(18)17-9-3-4-10-17/h5-8,11-12H,3-4,9-10,16H2,1-2H3/t11-,12?/m1/s1. The Morgan fingerprint density at radius 2 is 1.79 bits per heavy atom. The Morgan fingerprint density at radius 1 is 1.21 bits per heavy atom. The van der Waals surface area contributed by atoms with E-state index in [4.69, 9.17) is 10.5 Å². The second-order valence-corrected chi connectivity index (χ2v) is 5.15. The van der Waals surface area contributed by atoms with Crippen molar-refractivity contribution in [2.75, 3.05) is 13.1 Å². The molecule has 4 nitrogen and oxygen atoms in total. The molecule has 0 spiro atoms. The SMILES string of the molecule is CC(Oc1ccc([C@@H](C)N)cc1)C(=O)N1CCCC1. The number of hydrogen-bond acceptors (Lipinski definition) is 3. The number of amides is 1. The average molecular weight is 262 g/mol. The molecule has 1 aliphatic rings. The van der Waals surface area contributed by atoms with Crippen LogP contribution in [0.1, 0.15) is 38.3 Å². The molecular weight excluding hydrogens is 240 g/mol. The highest BCUT2D eigenvalue weighted by molar-refractivity contribution is 5.81. The molecule has 0 saturated carbocycles. The predicted octanol–water partition coefficient (Wildman–Crippen LogP) is 2.10. The van der Waals surface area contributed by atoms with E-state index in [9.17, 15) is 4.79 Å². The maximum atomic E-state index is 12.1. The van der Waals surface area contributed by atoms with Gasteiger partial charge in [-0.1, -0.05) is 12.1 Å². The van der Waals surface area contributed by atoms with E-state index in [1.807, 2.05) is 36.1 Å². The van der Waals surface area contributed by atoms with Crippen molar-refractivity contribution in [1.29, 1.82) is 0 Å². The van der Waals surface area contributed by atoms with Crippen LogP contribution in [-0.4, -0.2) is 30.0 Å². The van der Waals surface area contributed by atoms with Crippen LogP contribution < -0.4 is 10.5 Å². The van der Waals surface area contributed by atoms with Crippen molar-refractivity contribution >= 4 is 5.91 Å². The van der Waals surface area contributed by atoms with Gasteiger partial charge in [0.15, 0.2) is 6.10 Å². The first-order valence-electron chi connectivity index (χ1n) is 6.89. The van der Waals surface area contributed by atoms with Crippen molar-refractivity contribution in [1.82, 2.24) is 4.90 Å². The Kier molecular flexibility index (Phi) is 4.43. The lowest BCUT2D eigenvalue weighted by molar-refractivity contribution is -0.136. The zero-order valence-electron chi connectivity index (χ0n) is 11.6. The topological polar surface area (TPSA) is 55.6 Å². The summed E-state index contributed by atoms with van der Waals surface area (Å²) in [5, 5.41) is 0. The molecule has 2 N–H and O–H groups in total. The smallest absolute Gasteiger partial charge is 0.263 e. The number of likely N-dealkylation sites (tertiary alicyclic amines) is 1. The summed E-state index contributed by atoms with van der Waals surface area (Å²) in [6.45, 7) is 5.46. The molecular formula is C15H22N2O2. The van der Waals surface area contributed by atoms with Gasteiger partial charge in [-0.25, -0.2) is 0 Å². The molecule has 1 aromatic carbocycles. The molecule has 0 bridgehead atoms. The molecule has 4 heteroatoms. The number of benzene rings is 1. The van der Waals surface area contributed by atoms with Gasteiger partial charge in [-0.05, 0) is 44.4 Å². The molecule has 1 fully saturated rings. The Bertz CT molecular complexity index is 422. The van der Waals surface area contributed by atoms with Crippen LogP contribution in [0.3, 0.4) is 0 Å². The molecule has 1 amide bonds. The van der Waals surface area contributed by atoms with Gasteiger partial charge in [-0.15, -0.1) is 0 Å². The third-order valence-corrected chi connectivity index (χ3v) is 3.48. The number of nitrogens with two attached hydrogens (primary N) is 1. The summed E-state index contributed by atoms with van der Waals surface area (Å²) in [4.78, 5) is 14.0. The summed E-state index contributed by atoms with van der Waals surface area (Å²) in [7, 11) is 0. The second-order valence-electron chi connectivity index (χ2n) is 5.15. The lowest BCUT2D eigenvalue weighted by atomic mass is 10.1. The predicted molar refractivity (Wildman–Crippen MR) is 74.9 cm³/mol. The van der Waals surface area contributed by atoms with Gasteiger partial charge in [0, 0.05) is 19.1 Å².